The van der Waals surface area contributed by atoms with Crippen LogP contribution in [0, 0.1) is 0 Å². The molecule has 3 unspecified atom stereocenters. The largest absolute Gasteiger partial charge is 0.444 e. The molecule has 8 heteroatoms. The van der Waals surface area contributed by atoms with Crippen LogP contribution in [-0.4, -0.2) is 42.9 Å². The van der Waals surface area contributed by atoms with Crippen molar-refractivity contribution in [3.05, 3.63) is 34.3 Å². The smallest absolute Gasteiger partial charge is 0.408 e. The predicted molar refractivity (Wildman–Crippen MR) is 98.3 cm³/mol. The Morgan fingerprint density at radius 2 is 1.88 bits per heavy atom. The Morgan fingerprint density at radius 1 is 1.32 bits per heavy atom. The van der Waals surface area contributed by atoms with E-state index in [1.54, 1.807) is 45.0 Å². The monoisotopic (exact) mass is 431 g/mol. The number of benzene rings is 1. The minimum atomic E-state index is -3.55. The molecule has 6 nitrogen and oxygen atoms in total. The molecule has 1 aliphatic rings. The van der Waals surface area contributed by atoms with Crippen LogP contribution >= 0.6 is 15.9 Å². The lowest BCUT2D eigenvalue weighted by atomic mass is 10.1. The van der Waals surface area contributed by atoms with Gasteiger partial charge in [-0.2, -0.15) is 0 Å². The number of alkyl carbamates (subject to hydrolysis) is 1. The van der Waals surface area contributed by atoms with Crippen LogP contribution in [0.5, 0.6) is 0 Å². The number of hydrogen-bond donors (Lipinski definition) is 1. The van der Waals surface area contributed by atoms with Gasteiger partial charge in [0.25, 0.3) is 0 Å². The van der Waals surface area contributed by atoms with E-state index in [1.807, 2.05) is 0 Å². The van der Waals surface area contributed by atoms with Crippen LogP contribution in [0.3, 0.4) is 0 Å². The summed E-state index contributed by atoms with van der Waals surface area (Å²) in [5.41, 5.74) is -1.59. The van der Waals surface area contributed by atoms with Gasteiger partial charge >= 0.3 is 6.09 Å². The Bertz CT molecular complexity index is 769. The third kappa shape index (κ3) is 4.06. The molecule has 1 amide bonds. The number of sulfone groups is 1. The Labute approximate surface area is 156 Å². The lowest BCUT2D eigenvalue weighted by molar-refractivity contribution is -0.110. The molecule has 0 aromatic heterocycles. The van der Waals surface area contributed by atoms with Crippen molar-refractivity contribution in [1.29, 1.82) is 0 Å². The molecule has 0 aliphatic heterocycles. The fourth-order valence-electron chi connectivity index (χ4n) is 2.98. The van der Waals surface area contributed by atoms with E-state index >= 15 is 0 Å². The fraction of sp³-hybridized carbons (Fsp3) is 0.529. The van der Waals surface area contributed by atoms with E-state index in [2.05, 4.69) is 21.2 Å². The van der Waals surface area contributed by atoms with E-state index in [1.165, 1.54) is 6.92 Å². The predicted octanol–water partition coefficient (Wildman–Crippen LogP) is 2.81. The number of halogens is 1. The second kappa shape index (κ2) is 6.72. The van der Waals surface area contributed by atoms with Crippen molar-refractivity contribution >= 4 is 38.1 Å². The Balaban J connectivity index is 2.40. The van der Waals surface area contributed by atoms with Crippen molar-refractivity contribution in [3.63, 3.8) is 0 Å². The van der Waals surface area contributed by atoms with Crippen molar-refractivity contribution in [2.75, 3.05) is 5.75 Å². The van der Waals surface area contributed by atoms with Crippen LogP contribution in [0.25, 0.3) is 0 Å². The first-order valence-electron chi connectivity index (χ1n) is 7.91. The second-order valence-corrected chi connectivity index (χ2v) is 10.4. The van der Waals surface area contributed by atoms with Gasteiger partial charge in [0.2, 0.25) is 0 Å². The molecular weight excluding hydrogens is 410 g/mol. The number of aldehydes is 1. The summed E-state index contributed by atoms with van der Waals surface area (Å²) in [6.07, 6.45) is -0.294. The van der Waals surface area contributed by atoms with E-state index in [4.69, 9.17) is 4.74 Å². The van der Waals surface area contributed by atoms with Crippen LogP contribution in [0.15, 0.2) is 28.7 Å². The number of carbonyl (C=O) groups excluding carboxylic acids is 2. The zero-order chi connectivity index (χ0) is 19.0. The molecule has 0 spiro atoms. The van der Waals surface area contributed by atoms with E-state index in [-0.39, 0.29) is 5.75 Å². The highest BCUT2D eigenvalue weighted by Gasteiger charge is 2.72. The summed E-state index contributed by atoms with van der Waals surface area (Å²) in [4.78, 5) is 24.0. The van der Waals surface area contributed by atoms with Crippen LogP contribution in [-0.2, 0) is 19.4 Å². The number of nitrogens with one attached hydrogen (secondary N) is 1. The summed E-state index contributed by atoms with van der Waals surface area (Å²) >= 11 is 3.32. The lowest BCUT2D eigenvalue weighted by Gasteiger charge is -2.22. The SMILES string of the molecule is CCS(=O)(=O)C1C(c2ccc(Br)cc2)C1(C=O)NC(=O)OC(C)(C)C. The van der Waals surface area contributed by atoms with Crippen molar-refractivity contribution in [2.24, 2.45) is 0 Å². The van der Waals surface area contributed by atoms with E-state index < -0.39 is 38.2 Å². The highest BCUT2D eigenvalue weighted by molar-refractivity contribution is 9.10. The van der Waals surface area contributed by atoms with Crippen molar-refractivity contribution < 1.29 is 22.7 Å². The number of rotatable bonds is 5. The first-order chi connectivity index (χ1) is 11.5. The van der Waals surface area contributed by atoms with Gasteiger partial charge < -0.3 is 14.8 Å². The molecule has 1 fully saturated rings. The maximum Gasteiger partial charge on any atom is 0.408 e. The van der Waals surface area contributed by atoms with Crippen LogP contribution in [0.2, 0.25) is 0 Å². The average Bonchev–Trinajstić information content (AvgIpc) is 3.15. The van der Waals surface area contributed by atoms with Gasteiger partial charge in [0.15, 0.2) is 9.84 Å². The van der Waals surface area contributed by atoms with Crippen molar-refractivity contribution in [2.45, 2.75) is 50.0 Å². The van der Waals surface area contributed by atoms with Crippen molar-refractivity contribution in [3.8, 4) is 0 Å². The summed E-state index contributed by atoms with van der Waals surface area (Å²) in [6, 6.07) is 7.03. The molecule has 1 aromatic carbocycles. The summed E-state index contributed by atoms with van der Waals surface area (Å²) < 4.78 is 31.0. The minimum absolute atomic E-state index is 0.115. The molecule has 1 saturated carbocycles. The zero-order valence-electron chi connectivity index (χ0n) is 14.6. The third-order valence-electron chi connectivity index (χ3n) is 4.11. The maximum atomic E-state index is 12.5. The van der Waals surface area contributed by atoms with Gasteiger partial charge in [-0.25, -0.2) is 13.2 Å². The zero-order valence-corrected chi connectivity index (χ0v) is 17.0. The molecule has 3 atom stereocenters. The van der Waals surface area contributed by atoms with Gasteiger partial charge in [0.05, 0.1) is 0 Å². The van der Waals surface area contributed by atoms with Gasteiger partial charge in [-0.1, -0.05) is 35.0 Å². The van der Waals surface area contributed by atoms with Crippen molar-refractivity contribution in [1.82, 2.24) is 5.32 Å². The molecule has 0 bridgehead atoms. The Morgan fingerprint density at radius 3 is 2.32 bits per heavy atom. The number of amides is 1. The highest BCUT2D eigenvalue weighted by Crippen LogP contribution is 2.55. The Kier molecular flexibility index (Phi) is 5.35. The highest BCUT2D eigenvalue weighted by atomic mass is 79.9. The van der Waals surface area contributed by atoms with Crippen LogP contribution < -0.4 is 5.32 Å². The van der Waals surface area contributed by atoms with E-state index in [0.717, 1.165) is 4.47 Å². The topological polar surface area (TPSA) is 89.5 Å². The standard InChI is InChI=1S/C17H22BrNO5S/c1-5-25(22,23)14-13(11-6-8-12(18)9-7-11)17(14,10-20)19-15(21)24-16(2,3)4/h6-10,13-14H,5H2,1-4H3,(H,19,21). The van der Waals surface area contributed by atoms with Gasteiger partial charge in [-0.3, -0.25) is 0 Å². The van der Waals surface area contributed by atoms with E-state index in [0.29, 0.717) is 11.8 Å². The molecule has 1 aromatic rings. The second-order valence-electron chi connectivity index (χ2n) is 7.08. The summed E-state index contributed by atoms with van der Waals surface area (Å²) in [5.74, 6) is -0.758. The lowest BCUT2D eigenvalue weighted by Crippen LogP contribution is -2.45. The van der Waals surface area contributed by atoms with Gasteiger partial charge in [0, 0.05) is 16.1 Å². The maximum absolute atomic E-state index is 12.5. The molecule has 1 N–H and O–H groups in total. The number of ether oxygens (including phenoxy) is 1. The summed E-state index contributed by atoms with van der Waals surface area (Å²) in [5, 5.41) is 1.50. The summed E-state index contributed by atoms with van der Waals surface area (Å²) in [6.45, 7) is 6.61. The Hall–Kier alpha value is -1.41. The summed E-state index contributed by atoms with van der Waals surface area (Å²) in [7, 11) is -3.55. The first kappa shape index (κ1) is 19.9. The molecule has 2 rings (SSSR count). The number of carbonyl (C=O) groups is 2. The minimum Gasteiger partial charge on any atom is -0.444 e. The van der Waals surface area contributed by atoms with Crippen LogP contribution in [0.1, 0.15) is 39.2 Å². The van der Waals surface area contributed by atoms with Crippen LogP contribution in [0.4, 0.5) is 4.79 Å². The number of hydrogen-bond acceptors (Lipinski definition) is 5. The first-order valence-corrected chi connectivity index (χ1v) is 10.4. The normalized spacial score (nSPS) is 26.0. The third-order valence-corrected chi connectivity index (χ3v) is 6.88. The fourth-order valence-corrected chi connectivity index (χ4v) is 5.18. The van der Waals surface area contributed by atoms with Gasteiger partial charge in [-0.15, -0.1) is 0 Å². The van der Waals surface area contributed by atoms with Gasteiger partial charge in [0.1, 0.15) is 22.7 Å². The molecule has 25 heavy (non-hydrogen) atoms. The molecule has 0 saturated heterocycles. The molecule has 138 valence electrons. The molecular formula is C17H22BrNO5S. The average molecular weight is 432 g/mol. The molecule has 0 heterocycles. The van der Waals surface area contributed by atoms with Gasteiger partial charge in [-0.05, 0) is 38.5 Å². The molecule has 0 radical (unpaired) electrons. The molecule has 1 aliphatic carbocycles. The van der Waals surface area contributed by atoms with E-state index in [9.17, 15) is 18.0 Å². The quantitative estimate of drug-likeness (QED) is 0.723.